The Bertz CT molecular complexity index is 410. The van der Waals surface area contributed by atoms with E-state index in [0.717, 1.165) is 5.69 Å². The van der Waals surface area contributed by atoms with Crippen molar-refractivity contribution in [1.29, 1.82) is 5.39 Å². The highest BCUT2D eigenvalue weighted by atomic mass is 35.5. The molecule has 1 rings (SSSR count). The molecular weight excluding hydrogens is 260 g/mol. The van der Waals surface area contributed by atoms with E-state index in [4.69, 9.17) is 17.0 Å². The number of hydrogen-bond acceptors (Lipinski definition) is 2. The molecule has 0 atom stereocenters. The van der Waals surface area contributed by atoms with Gasteiger partial charge in [-0.05, 0) is 6.07 Å². The molecule has 0 aliphatic heterocycles. The molecule has 17 heavy (non-hydrogen) atoms. The summed E-state index contributed by atoms with van der Waals surface area (Å²) in [6, 6.07) is 5.11. The Kier molecular flexibility index (Phi) is 5.75. The zero-order valence-electron chi connectivity index (χ0n) is 9.04. The fourth-order valence-corrected chi connectivity index (χ4v) is 1.26. The van der Waals surface area contributed by atoms with E-state index in [-0.39, 0.29) is 0 Å². The van der Waals surface area contributed by atoms with Crippen LogP contribution in [0.3, 0.4) is 0 Å². The van der Waals surface area contributed by atoms with Gasteiger partial charge in [0.1, 0.15) is 0 Å². The van der Waals surface area contributed by atoms with Crippen molar-refractivity contribution in [2.75, 3.05) is 19.0 Å². The number of hydrogen-bond donors (Lipinski definition) is 0. The van der Waals surface area contributed by atoms with Gasteiger partial charge in [0.25, 0.3) is 0 Å². The zero-order chi connectivity index (χ0) is 13.6. The summed E-state index contributed by atoms with van der Waals surface area (Å²) in [4.78, 5) is 4.92. The zero-order valence-corrected chi connectivity index (χ0v) is 9.80. The molecule has 0 saturated heterocycles. The van der Waals surface area contributed by atoms with Crippen LogP contribution in [0.2, 0.25) is 5.02 Å². The largest absolute Gasteiger partial charge is 0.673 e. The van der Waals surface area contributed by atoms with Crippen LogP contribution in [-0.4, -0.2) is 21.3 Å². The van der Waals surface area contributed by atoms with Gasteiger partial charge < -0.3 is 22.2 Å². The van der Waals surface area contributed by atoms with Crippen LogP contribution >= 0.6 is 11.6 Å². The first-order valence-electron chi connectivity index (χ1n) is 4.34. The second-order valence-electron chi connectivity index (χ2n) is 3.13. The Labute approximate surface area is 101 Å². The molecule has 1 aromatic carbocycles. The van der Waals surface area contributed by atoms with E-state index in [1.54, 1.807) is 18.2 Å². The number of anilines is 1. The van der Waals surface area contributed by atoms with Crippen LogP contribution in [0.25, 0.3) is 4.98 Å². The van der Waals surface area contributed by atoms with Crippen LogP contribution in [0.4, 0.5) is 28.6 Å². The maximum atomic E-state index is 9.75. The fourth-order valence-electron chi connectivity index (χ4n) is 0.921. The molecule has 0 N–H and O–H groups in total. The van der Waals surface area contributed by atoms with Gasteiger partial charge in [-0.15, -0.1) is 0 Å². The minimum absolute atomic E-state index is 0.464. The van der Waals surface area contributed by atoms with E-state index in [1.807, 2.05) is 19.0 Å². The van der Waals surface area contributed by atoms with Crippen molar-refractivity contribution in [3.63, 3.8) is 0 Å². The molecule has 0 aliphatic carbocycles. The van der Waals surface area contributed by atoms with E-state index in [9.17, 15) is 17.3 Å². The van der Waals surface area contributed by atoms with Crippen LogP contribution in [0.1, 0.15) is 0 Å². The first-order chi connectivity index (χ1) is 7.65. The average Bonchev–Trinajstić information content (AvgIpc) is 2.14. The quantitative estimate of drug-likeness (QED) is 0.435. The van der Waals surface area contributed by atoms with Gasteiger partial charge in [0.2, 0.25) is 5.39 Å². The Morgan fingerprint density at radius 3 is 2.00 bits per heavy atom. The first kappa shape index (κ1) is 15.5. The molecular formula is C8H9BClF4N3. The summed E-state index contributed by atoms with van der Waals surface area (Å²) in [6.45, 7) is 0. The van der Waals surface area contributed by atoms with Crippen LogP contribution in [0.15, 0.2) is 18.2 Å². The minimum atomic E-state index is -6.00. The summed E-state index contributed by atoms with van der Waals surface area (Å²) in [6.07, 6.45) is 0. The summed E-state index contributed by atoms with van der Waals surface area (Å²) in [5.41, 5.74) is 1.37. The molecule has 0 heterocycles. The van der Waals surface area contributed by atoms with E-state index in [1.165, 1.54) is 0 Å². The molecule has 0 aliphatic rings. The van der Waals surface area contributed by atoms with Gasteiger partial charge in [-0.2, -0.15) is 0 Å². The number of halogens is 5. The van der Waals surface area contributed by atoms with E-state index in [2.05, 4.69) is 4.98 Å². The molecule has 0 spiro atoms. The predicted molar refractivity (Wildman–Crippen MR) is 60.7 cm³/mol. The first-order valence-corrected chi connectivity index (χ1v) is 4.72. The third-order valence-corrected chi connectivity index (χ3v) is 1.83. The SMILES string of the molecule is CN(C)c1ccc([N+]#N)cc1Cl.F[B-](F)(F)F. The van der Waals surface area contributed by atoms with Crippen molar-refractivity contribution in [3.8, 4) is 0 Å². The van der Waals surface area contributed by atoms with Gasteiger partial charge in [-0.25, -0.2) is 0 Å². The maximum Gasteiger partial charge on any atom is 0.673 e. The van der Waals surface area contributed by atoms with Crippen molar-refractivity contribution in [2.24, 2.45) is 0 Å². The minimum Gasteiger partial charge on any atom is -0.418 e. The predicted octanol–water partition coefficient (Wildman–Crippen LogP) is 4.19. The Hall–Kier alpha value is -1.49. The summed E-state index contributed by atoms with van der Waals surface area (Å²) >= 11 is 5.89. The fraction of sp³-hybridized carbons (Fsp3) is 0.250. The lowest BCUT2D eigenvalue weighted by molar-refractivity contribution is 0.368. The Balaban J connectivity index is 0.000000437. The van der Waals surface area contributed by atoms with Gasteiger partial charge in [0, 0.05) is 20.2 Å². The molecule has 3 nitrogen and oxygen atoms in total. The lowest BCUT2D eigenvalue weighted by Gasteiger charge is -2.12. The maximum absolute atomic E-state index is 9.75. The lowest BCUT2D eigenvalue weighted by Crippen LogP contribution is -2.08. The van der Waals surface area contributed by atoms with Gasteiger partial charge >= 0.3 is 12.9 Å². The van der Waals surface area contributed by atoms with E-state index in [0.29, 0.717) is 10.7 Å². The van der Waals surface area contributed by atoms with Crippen LogP contribution in [-0.2, 0) is 0 Å². The monoisotopic (exact) mass is 269 g/mol. The standard InChI is InChI=1S/C8H9ClN3.BF4/c1-12(2)8-4-3-6(11-10)5-7(8)9;2-1(3,4)5/h3-5H,1-2H3;/q+1;-1. The van der Waals surface area contributed by atoms with Crippen molar-refractivity contribution >= 4 is 30.2 Å². The molecule has 0 bridgehead atoms. The Morgan fingerprint density at radius 2 is 1.71 bits per heavy atom. The lowest BCUT2D eigenvalue weighted by atomic mass is 10.3. The number of benzene rings is 1. The summed E-state index contributed by atoms with van der Waals surface area (Å²) in [7, 11) is -2.20. The van der Waals surface area contributed by atoms with Gasteiger partial charge in [-0.3, -0.25) is 0 Å². The van der Waals surface area contributed by atoms with Crippen molar-refractivity contribution in [2.45, 2.75) is 0 Å². The van der Waals surface area contributed by atoms with Crippen molar-refractivity contribution in [1.82, 2.24) is 0 Å². The second kappa shape index (κ2) is 6.30. The highest BCUT2D eigenvalue weighted by Gasteiger charge is 2.20. The molecule has 94 valence electrons. The molecule has 9 heteroatoms. The summed E-state index contributed by atoms with van der Waals surface area (Å²) in [5.74, 6) is 0. The summed E-state index contributed by atoms with van der Waals surface area (Å²) in [5, 5.41) is 9.02. The highest BCUT2D eigenvalue weighted by Crippen LogP contribution is 2.28. The topological polar surface area (TPSA) is 31.4 Å². The molecule has 0 unspecified atom stereocenters. The van der Waals surface area contributed by atoms with Gasteiger partial charge in [0.05, 0.1) is 16.8 Å². The Morgan fingerprint density at radius 1 is 1.24 bits per heavy atom. The number of nitrogens with zero attached hydrogens (tertiary/aromatic N) is 3. The normalized spacial score (nSPS) is 10.0. The third-order valence-electron chi connectivity index (χ3n) is 1.53. The molecule has 0 radical (unpaired) electrons. The van der Waals surface area contributed by atoms with Crippen molar-refractivity contribution < 1.29 is 17.3 Å². The number of rotatable bonds is 1. The molecule has 0 fully saturated rings. The van der Waals surface area contributed by atoms with Gasteiger partial charge in [-0.1, -0.05) is 11.6 Å². The molecule has 0 amide bonds. The van der Waals surface area contributed by atoms with Crippen LogP contribution in [0.5, 0.6) is 0 Å². The molecule has 1 aromatic rings. The van der Waals surface area contributed by atoms with E-state index < -0.39 is 7.25 Å². The number of diazo groups is 1. The van der Waals surface area contributed by atoms with Gasteiger partial charge in [0.15, 0.2) is 4.98 Å². The molecule has 0 aromatic heterocycles. The average molecular weight is 269 g/mol. The van der Waals surface area contributed by atoms with Crippen LogP contribution < -0.4 is 4.90 Å². The second-order valence-corrected chi connectivity index (χ2v) is 3.53. The van der Waals surface area contributed by atoms with Crippen molar-refractivity contribution in [3.05, 3.63) is 28.2 Å². The smallest absolute Gasteiger partial charge is 0.418 e. The summed E-state index contributed by atoms with van der Waals surface area (Å²) < 4.78 is 39.0. The highest BCUT2D eigenvalue weighted by molar-refractivity contribution is 6.50. The van der Waals surface area contributed by atoms with E-state index >= 15 is 0 Å². The third kappa shape index (κ3) is 7.41. The van der Waals surface area contributed by atoms with Crippen LogP contribution in [0, 0.1) is 5.39 Å². The molecule has 0 saturated carbocycles.